The molecule has 0 aliphatic heterocycles. The summed E-state index contributed by atoms with van der Waals surface area (Å²) in [6, 6.07) is 4.27. The third kappa shape index (κ3) is 3.45. The van der Waals surface area contributed by atoms with Crippen LogP contribution in [0.15, 0.2) is 53.8 Å². The molecular formula is C14H13F3N2S. The van der Waals surface area contributed by atoms with Gasteiger partial charge in [-0.05, 0) is 23.5 Å². The Kier molecular flexibility index (Phi) is 4.54. The van der Waals surface area contributed by atoms with Crippen LogP contribution >= 0.6 is 11.8 Å². The molecule has 0 radical (unpaired) electrons. The van der Waals surface area contributed by atoms with E-state index in [1.807, 2.05) is 4.57 Å². The largest absolute Gasteiger partial charge is 0.417 e. The van der Waals surface area contributed by atoms with Crippen molar-refractivity contribution in [1.82, 2.24) is 9.55 Å². The summed E-state index contributed by atoms with van der Waals surface area (Å²) in [7, 11) is 0. The van der Waals surface area contributed by atoms with Gasteiger partial charge in [-0.25, -0.2) is 4.98 Å². The number of aryl methyl sites for hydroxylation is 2. The molecule has 0 amide bonds. The Balaban J connectivity index is 2.29. The molecule has 0 aliphatic carbocycles. The second-order valence-corrected chi connectivity index (χ2v) is 5.10. The Morgan fingerprint density at radius 2 is 2.15 bits per heavy atom. The second kappa shape index (κ2) is 6.17. The molecule has 20 heavy (non-hydrogen) atoms. The molecule has 0 unspecified atom stereocenters. The van der Waals surface area contributed by atoms with Gasteiger partial charge >= 0.3 is 6.18 Å². The topological polar surface area (TPSA) is 17.8 Å². The Bertz CT molecular complexity index is 577. The van der Waals surface area contributed by atoms with Crippen LogP contribution in [-0.4, -0.2) is 9.55 Å². The molecule has 0 fully saturated rings. The van der Waals surface area contributed by atoms with Gasteiger partial charge in [0.05, 0.1) is 11.9 Å². The van der Waals surface area contributed by atoms with E-state index in [1.54, 1.807) is 24.8 Å². The monoisotopic (exact) mass is 298 g/mol. The van der Waals surface area contributed by atoms with Crippen molar-refractivity contribution >= 4 is 11.8 Å². The highest BCUT2D eigenvalue weighted by atomic mass is 32.2. The fourth-order valence-corrected chi connectivity index (χ4v) is 2.69. The molecule has 0 aliphatic rings. The summed E-state index contributed by atoms with van der Waals surface area (Å²) in [5.74, 6) is 0. The maximum absolute atomic E-state index is 13.0. The third-order valence-corrected chi connectivity index (χ3v) is 3.69. The molecule has 1 aromatic carbocycles. The fourth-order valence-electron chi connectivity index (χ4n) is 1.90. The van der Waals surface area contributed by atoms with Crippen molar-refractivity contribution < 1.29 is 13.2 Å². The van der Waals surface area contributed by atoms with E-state index in [-0.39, 0.29) is 4.90 Å². The second-order valence-electron chi connectivity index (χ2n) is 4.13. The molecule has 106 valence electrons. The van der Waals surface area contributed by atoms with E-state index in [9.17, 15) is 13.2 Å². The zero-order valence-electron chi connectivity index (χ0n) is 10.6. The SMILES string of the molecule is C=CSc1c(CCn2ccnc2)cccc1C(F)(F)F. The smallest absolute Gasteiger partial charge is 0.337 e. The summed E-state index contributed by atoms with van der Waals surface area (Å²) in [6.45, 7) is 4.10. The number of aromatic nitrogens is 2. The maximum Gasteiger partial charge on any atom is 0.417 e. The molecule has 0 bridgehead atoms. The van der Waals surface area contributed by atoms with Gasteiger partial charge in [0, 0.05) is 23.8 Å². The van der Waals surface area contributed by atoms with E-state index < -0.39 is 11.7 Å². The normalized spacial score (nSPS) is 11.6. The molecule has 0 saturated carbocycles. The van der Waals surface area contributed by atoms with Crippen molar-refractivity contribution in [3.8, 4) is 0 Å². The molecule has 0 spiro atoms. The van der Waals surface area contributed by atoms with Crippen LogP contribution in [0, 0.1) is 0 Å². The zero-order chi connectivity index (χ0) is 14.6. The number of benzene rings is 1. The number of hydrogen-bond donors (Lipinski definition) is 0. The van der Waals surface area contributed by atoms with Gasteiger partial charge in [0.1, 0.15) is 0 Å². The van der Waals surface area contributed by atoms with Crippen molar-refractivity contribution in [2.24, 2.45) is 0 Å². The van der Waals surface area contributed by atoms with Crippen LogP contribution in [0.25, 0.3) is 0 Å². The lowest BCUT2D eigenvalue weighted by Crippen LogP contribution is -2.09. The zero-order valence-corrected chi connectivity index (χ0v) is 11.4. The molecule has 0 atom stereocenters. The van der Waals surface area contributed by atoms with Crippen LogP contribution in [0.5, 0.6) is 0 Å². The van der Waals surface area contributed by atoms with Crippen molar-refractivity contribution in [3.05, 3.63) is 60.0 Å². The summed E-state index contributed by atoms with van der Waals surface area (Å²) in [6.07, 6.45) is 1.24. The van der Waals surface area contributed by atoms with Crippen LogP contribution in [0.2, 0.25) is 0 Å². The molecule has 2 rings (SSSR count). The van der Waals surface area contributed by atoms with Gasteiger partial charge < -0.3 is 4.57 Å². The number of hydrogen-bond acceptors (Lipinski definition) is 2. The first kappa shape index (κ1) is 14.7. The minimum Gasteiger partial charge on any atom is -0.337 e. The van der Waals surface area contributed by atoms with E-state index in [1.165, 1.54) is 11.5 Å². The summed E-state index contributed by atoms with van der Waals surface area (Å²) >= 11 is 1.01. The predicted molar refractivity (Wildman–Crippen MR) is 73.4 cm³/mol. The highest BCUT2D eigenvalue weighted by Gasteiger charge is 2.34. The van der Waals surface area contributed by atoms with Crippen molar-refractivity contribution in [3.63, 3.8) is 0 Å². The lowest BCUT2D eigenvalue weighted by Gasteiger charge is -2.15. The van der Waals surface area contributed by atoms with Crippen molar-refractivity contribution in [1.29, 1.82) is 0 Å². The summed E-state index contributed by atoms with van der Waals surface area (Å²) in [5.41, 5.74) is 0.0592. The van der Waals surface area contributed by atoms with Gasteiger partial charge in [-0.1, -0.05) is 30.5 Å². The number of nitrogens with zero attached hydrogens (tertiary/aromatic N) is 2. The minimum absolute atomic E-state index is 0.232. The average Bonchev–Trinajstić information content (AvgIpc) is 2.89. The number of halogens is 3. The van der Waals surface area contributed by atoms with E-state index in [4.69, 9.17) is 0 Å². The van der Waals surface area contributed by atoms with E-state index in [0.29, 0.717) is 18.5 Å². The lowest BCUT2D eigenvalue weighted by atomic mass is 10.1. The minimum atomic E-state index is -4.35. The predicted octanol–water partition coefficient (Wildman–Crippen LogP) is 4.38. The van der Waals surface area contributed by atoms with Crippen molar-refractivity contribution in [2.75, 3.05) is 0 Å². The molecule has 0 saturated heterocycles. The Labute approximate surface area is 119 Å². The first-order valence-electron chi connectivity index (χ1n) is 5.94. The van der Waals surface area contributed by atoms with Gasteiger partial charge in [0.2, 0.25) is 0 Å². The van der Waals surface area contributed by atoms with Crippen LogP contribution in [0.3, 0.4) is 0 Å². The molecule has 1 heterocycles. The van der Waals surface area contributed by atoms with Gasteiger partial charge in [-0.2, -0.15) is 13.2 Å². The van der Waals surface area contributed by atoms with E-state index in [2.05, 4.69) is 11.6 Å². The standard InChI is InChI=1S/C14H13F3N2S/c1-2-20-13-11(6-8-19-9-7-18-10-19)4-3-5-12(13)14(15,16)17/h2-5,7,9-10H,1,6,8H2. The summed E-state index contributed by atoms with van der Waals surface area (Å²) < 4.78 is 40.8. The first-order valence-corrected chi connectivity index (χ1v) is 6.82. The van der Waals surface area contributed by atoms with Gasteiger partial charge in [-0.3, -0.25) is 0 Å². The summed E-state index contributed by atoms with van der Waals surface area (Å²) in [4.78, 5) is 4.14. The van der Waals surface area contributed by atoms with Crippen LogP contribution in [0.1, 0.15) is 11.1 Å². The molecule has 0 N–H and O–H groups in total. The Morgan fingerprint density at radius 3 is 2.75 bits per heavy atom. The van der Waals surface area contributed by atoms with Gasteiger partial charge in [-0.15, -0.1) is 0 Å². The van der Waals surface area contributed by atoms with Crippen LogP contribution in [0.4, 0.5) is 13.2 Å². The maximum atomic E-state index is 13.0. The lowest BCUT2D eigenvalue weighted by molar-refractivity contribution is -0.139. The Morgan fingerprint density at radius 1 is 1.35 bits per heavy atom. The highest BCUT2D eigenvalue weighted by Crippen LogP contribution is 2.39. The molecule has 1 aromatic heterocycles. The van der Waals surface area contributed by atoms with E-state index in [0.717, 1.165) is 17.8 Å². The number of thioether (sulfide) groups is 1. The first-order chi connectivity index (χ1) is 9.52. The quantitative estimate of drug-likeness (QED) is 0.762. The number of alkyl halides is 3. The summed E-state index contributed by atoms with van der Waals surface area (Å²) in [5, 5.41) is 1.42. The molecule has 2 aromatic rings. The van der Waals surface area contributed by atoms with Crippen LogP contribution in [-0.2, 0) is 19.1 Å². The fraction of sp³-hybridized carbons (Fsp3) is 0.214. The van der Waals surface area contributed by atoms with E-state index >= 15 is 0 Å². The Hall–Kier alpha value is -1.69. The average molecular weight is 298 g/mol. The van der Waals surface area contributed by atoms with Gasteiger partial charge in [0.25, 0.3) is 0 Å². The van der Waals surface area contributed by atoms with Gasteiger partial charge in [0.15, 0.2) is 0 Å². The molecule has 6 heteroatoms. The molecular weight excluding hydrogens is 285 g/mol. The van der Waals surface area contributed by atoms with Crippen molar-refractivity contribution in [2.45, 2.75) is 24.0 Å². The third-order valence-electron chi connectivity index (χ3n) is 2.80. The number of imidazole rings is 1. The van der Waals surface area contributed by atoms with Crippen LogP contribution < -0.4 is 0 Å². The molecule has 2 nitrogen and oxygen atoms in total. The highest BCUT2D eigenvalue weighted by molar-refractivity contribution is 8.02. The number of rotatable bonds is 5.